The van der Waals surface area contributed by atoms with Crippen LogP contribution in [0.3, 0.4) is 0 Å². The topological polar surface area (TPSA) is 68.4 Å². The molecule has 1 N–H and O–H groups in total. The molecule has 0 aliphatic heterocycles. The molecule has 2 aromatic rings. The van der Waals surface area contributed by atoms with Crippen molar-refractivity contribution in [1.82, 2.24) is 4.98 Å². The van der Waals surface area contributed by atoms with Crippen molar-refractivity contribution in [2.24, 2.45) is 0 Å². The molecule has 0 fully saturated rings. The van der Waals surface area contributed by atoms with Gasteiger partial charge >= 0.3 is 11.9 Å². The van der Waals surface area contributed by atoms with Gasteiger partial charge in [0.1, 0.15) is 5.69 Å². The van der Waals surface area contributed by atoms with Gasteiger partial charge in [0.05, 0.1) is 19.8 Å². The summed E-state index contributed by atoms with van der Waals surface area (Å²) in [6, 6.07) is 5.52. The summed E-state index contributed by atoms with van der Waals surface area (Å²) in [7, 11) is 2.54. The van der Waals surface area contributed by atoms with Gasteiger partial charge in [-0.2, -0.15) is 0 Å². The molecular formula is C13H13NO4. The van der Waals surface area contributed by atoms with Crippen molar-refractivity contribution in [3.8, 4) is 0 Å². The number of ether oxygens (including phenoxy) is 2. The Morgan fingerprint density at radius 2 is 1.78 bits per heavy atom. The van der Waals surface area contributed by atoms with Crippen molar-refractivity contribution in [2.45, 2.75) is 6.92 Å². The number of hydrogen-bond acceptors (Lipinski definition) is 4. The Morgan fingerprint density at radius 1 is 1.11 bits per heavy atom. The van der Waals surface area contributed by atoms with Crippen molar-refractivity contribution in [3.05, 3.63) is 35.0 Å². The van der Waals surface area contributed by atoms with Gasteiger partial charge in [-0.3, -0.25) is 0 Å². The second-order valence-corrected chi connectivity index (χ2v) is 3.91. The maximum atomic E-state index is 11.8. The van der Waals surface area contributed by atoms with E-state index in [2.05, 4.69) is 9.72 Å². The highest BCUT2D eigenvalue weighted by Gasteiger charge is 2.24. The van der Waals surface area contributed by atoms with E-state index >= 15 is 0 Å². The third kappa shape index (κ3) is 1.84. The molecule has 0 bridgehead atoms. The third-order valence-corrected chi connectivity index (χ3v) is 2.73. The van der Waals surface area contributed by atoms with Crippen LogP contribution in [-0.2, 0) is 9.47 Å². The zero-order valence-electron chi connectivity index (χ0n) is 10.4. The van der Waals surface area contributed by atoms with Crippen LogP contribution >= 0.6 is 0 Å². The van der Waals surface area contributed by atoms with E-state index in [1.807, 2.05) is 25.1 Å². The lowest BCUT2D eigenvalue weighted by atomic mass is 10.1. The number of aromatic nitrogens is 1. The Kier molecular flexibility index (Phi) is 3.06. The average molecular weight is 247 g/mol. The summed E-state index contributed by atoms with van der Waals surface area (Å²) in [6.07, 6.45) is 0. The molecule has 5 nitrogen and oxygen atoms in total. The summed E-state index contributed by atoms with van der Waals surface area (Å²) >= 11 is 0. The van der Waals surface area contributed by atoms with Crippen molar-refractivity contribution >= 4 is 22.8 Å². The quantitative estimate of drug-likeness (QED) is 0.824. The number of nitrogens with one attached hydrogen (secondary N) is 1. The molecule has 18 heavy (non-hydrogen) atoms. The van der Waals surface area contributed by atoms with E-state index in [9.17, 15) is 9.59 Å². The third-order valence-electron chi connectivity index (χ3n) is 2.73. The molecule has 94 valence electrons. The lowest BCUT2D eigenvalue weighted by Crippen LogP contribution is -2.10. The Morgan fingerprint density at radius 3 is 2.39 bits per heavy atom. The fourth-order valence-corrected chi connectivity index (χ4v) is 1.88. The molecule has 1 heterocycles. The highest BCUT2D eigenvalue weighted by atomic mass is 16.5. The molecule has 0 spiro atoms. The van der Waals surface area contributed by atoms with Gasteiger partial charge in [-0.15, -0.1) is 0 Å². The molecule has 1 aromatic heterocycles. The highest BCUT2D eigenvalue weighted by Crippen LogP contribution is 2.25. The number of benzene rings is 1. The minimum absolute atomic E-state index is 0.116. The lowest BCUT2D eigenvalue weighted by molar-refractivity contribution is 0.0553. The van der Waals surface area contributed by atoms with Gasteiger partial charge < -0.3 is 14.5 Å². The predicted octanol–water partition coefficient (Wildman–Crippen LogP) is 2.05. The Labute approximate surface area is 104 Å². The van der Waals surface area contributed by atoms with Gasteiger partial charge in [0.25, 0.3) is 0 Å². The van der Waals surface area contributed by atoms with Gasteiger partial charge in [-0.1, -0.05) is 11.6 Å². The van der Waals surface area contributed by atoms with Crippen LogP contribution in [0, 0.1) is 6.92 Å². The zero-order valence-corrected chi connectivity index (χ0v) is 10.4. The maximum absolute atomic E-state index is 11.8. The summed E-state index contributed by atoms with van der Waals surface area (Å²) in [6.45, 7) is 1.91. The summed E-state index contributed by atoms with van der Waals surface area (Å²) in [5.41, 5.74) is 2.01. The van der Waals surface area contributed by atoms with E-state index in [1.54, 1.807) is 0 Å². The summed E-state index contributed by atoms with van der Waals surface area (Å²) in [4.78, 5) is 26.3. The number of H-pyrrole nitrogens is 1. The molecular weight excluding hydrogens is 234 g/mol. The zero-order chi connectivity index (χ0) is 13.3. The molecule has 0 unspecified atom stereocenters. The molecule has 0 amide bonds. The van der Waals surface area contributed by atoms with Gasteiger partial charge in [0.15, 0.2) is 0 Å². The molecule has 1 aromatic carbocycles. The number of aryl methyl sites for hydroxylation is 1. The normalized spacial score (nSPS) is 10.4. The molecule has 0 atom stereocenters. The van der Waals surface area contributed by atoms with Crippen molar-refractivity contribution in [3.63, 3.8) is 0 Å². The van der Waals surface area contributed by atoms with Crippen LogP contribution in [0.25, 0.3) is 10.9 Å². The first kappa shape index (κ1) is 12.2. The van der Waals surface area contributed by atoms with E-state index in [-0.39, 0.29) is 11.3 Å². The number of hydrogen-bond donors (Lipinski definition) is 1. The number of carbonyl (C=O) groups excluding carboxylic acids is 2. The molecule has 0 saturated heterocycles. The van der Waals surface area contributed by atoms with Gasteiger partial charge in [-0.25, -0.2) is 9.59 Å². The van der Waals surface area contributed by atoms with E-state index in [0.717, 1.165) is 5.56 Å². The van der Waals surface area contributed by atoms with E-state index in [0.29, 0.717) is 10.9 Å². The fraction of sp³-hybridized carbons (Fsp3) is 0.231. The van der Waals surface area contributed by atoms with Gasteiger partial charge in [0, 0.05) is 10.9 Å². The van der Waals surface area contributed by atoms with Crippen LogP contribution in [0.4, 0.5) is 0 Å². The van der Waals surface area contributed by atoms with Gasteiger partial charge in [-0.05, 0) is 19.1 Å². The van der Waals surface area contributed by atoms with Crippen LogP contribution in [0.15, 0.2) is 18.2 Å². The Bertz CT molecular complexity index is 627. The second-order valence-electron chi connectivity index (χ2n) is 3.91. The monoisotopic (exact) mass is 247 g/mol. The van der Waals surface area contributed by atoms with Crippen LogP contribution in [0.1, 0.15) is 26.4 Å². The summed E-state index contributed by atoms with van der Waals surface area (Å²) in [5.74, 6) is -1.16. The lowest BCUT2D eigenvalue weighted by Gasteiger charge is -2.01. The largest absolute Gasteiger partial charge is 0.465 e. The first-order valence-electron chi connectivity index (χ1n) is 5.37. The molecule has 5 heteroatoms. The van der Waals surface area contributed by atoms with Crippen molar-refractivity contribution < 1.29 is 19.1 Å². The second kappa shape index (κ2) is 4.52. The van der Waals surface area contributed by atoms with Crippen LogP contribution in [0.2, 0.25) is 0 Å². The number of methoxy groups -OCH3 is 2. The Balaban J connectivity index is 2.77. The standard InChI is InChI=1S/C13H13NO4/c1-7-4-5-9-8(6-7)10(12(15)17-2)11(14-9)13(16)18-3/h4-6,14H,1-3H3. The Hall–Kier alpha value is -2.30. The summed E-state index contributed by atoms with van der Waals surface area (Å²) in [5, 5.41) is 0.655. The van der Waals surface area contributed by atoms with Crippen molar-refractivity contribution in [1.29, 1.82) is 0 Å². The number of fused-ring (bicyclic) bond motifs is 1. The SMILES string of the molecule is COC(=O)c1[nH]c2ccc(C)cc2c1C(=O)OC. The molecule has 2 rings (SSSR count). The van der Waals surface area contributed by atoms with E-state index in [4.69, 9.17) is 4.74 Å². The molecule has 0 radical (unpaired) electrons. The number of aromatic amines is 1. The van der Waals surface area contributed by atoms with Gasteiger partial charge in [0.2, 0.25) is 0 Å². The molecule has 0 saturated carbocycles. The highest BCUT2D eigenvalue weighted by molar-refractivity contribution is 6.12. The van der Waals surface area contributed by atoms with Crippen LogP contribution in [0.5, 0.6) is 0 Å². The smallest absolute Gasteiger partial charge is 0.355 e. The number of esters is 2. The first-order valence-corrected chi connectivity index (χ1v) is 5.37. The van der Waals surface area contributed by atoms with Crippen LogP contribution < -0.4 is 0 Å². The predicted molar refractivity (Wildman–Crippen MR) is 65.7 cm³/mol. The van der Waals surface area contributed by atoms with Crippen molar-refractivity contribution in [2.75, 3.05) is 14.2 Å². The number of rotatable bonds is 2. The maximum Gasteiger partial charge on any atom is 0.355 e. The number of carbonyl (C=O) groups is 2. The fourth-order valence-electron chi connectivity index (χ4n) is 1.88. The van der Waals surface area contributed by atoms with E-state index < -0.39 is 11.9 Å². The first-order chi connectivity index (χ1) is 8.58. The summed E-state index contributed by atoms with van der Waals surface area (Å²) < 4.78 is 9.36. The minimum atomic E-state index is -0.593. The molecule has 0 aliphatic carbocycles. The van der Waals surface area contributed by atoms with Crippen LogP contribution in [-0.4, -0.2) is 31.1 Å². The average Bonchev–Trinajstić information content (AvgIpc) is 2.75. The minimum Gasteiger partial charge on any atom is -0.465 e. The molecule has 0 aliphatic rings. The van der Waals surface area contributed by atoms with E-state index in [1.165, 1.54) is 14.2 Å².